The number of amides is 2. The Morgan fingerprint density at radius 3 is 2.28 bits per heavy atom. The number of para-hydroxylation sites is 1. The Morgan fingerprint density at radius 2 is 1.51 bits per heavy atom. The second-order valence-corrected chi connectivity index (χ2v) is 9.69. The van der Waals surface area contributed by atoms with Crippen molar-refractivity contribution < 1.29 is 23.9 Å². The van der Waals surface area contributed by atoms with E-state index < -0.39 is 18.1 Å². The minimum Gasteiger partial charge on any atom is -0.490 e. The Kier molecular flexibility index (Phi) is 6.67. The zero-order chi connectivity index (χ0) is 26.9. The molecule has 2 aliphatic rings. The van der Waals surface area contributed by atoms with Gasteiger partial charge in [0, 0.05) is 0 Å². The number of hydrogen-bond donors (Lipinski definition) is 0. The molecule has 0 aromatic heterocycles. The van der Waals surface area contributed by atoms with Crippen molar-refractivity contribution in [3.05, 3.63) is 96.6 Å². The highest BCUT2D eigenvalue weighted by Gasteiger charge is 2.60. The van der Waals surface area contributed by atoms with Gasteiger partial charge in [-0.05, 0) is 66.1 Å². The summed E-state index contributed by atoms with van der Waals surface area (Å²) in [7, 11) is 0. The van der Waals surface area contributed by atoms with Gasteiger partial charge in [-0.2, -0.15) is 0 Å². The van der Waals surface area contributed by atoms with Crippen LogP contribution in [0.25, 0.3) is 10.8 Å². The van der Waals surface area contributed by atoms with Gasteiger partial charge in [-0.3, -0.25) is 14.4 Å². The lowest BCUT2D eigenvalue weighted by Crippen LogP contribution is -2.37. The molecule has 0 saturated carbocycles. The Morgan fingerprint density at radius 1 is 0.744 bits per heavy atom. The predicted molar refractivity (Wildman–Crippen MR) is 150 cm³/mol. The summed E-state index contributed by atoms with van der Waals surface area (Å²) in [4.78, 5) is 35.4. The molecular formula is C32H30N2O5. The van der Waals surface area contributed by atoms with Crippen molar-refractivity contribution in [1.82, 2.24) is 0 Å². The fourth-order valence-electron chi connectivity index (χ4n) is 5.43. The first-order chi connectivity index (χ1) is 19.1. The number of imide groups is 1. The van der Waals surface area contributed by atoms with Crippen molar-refractivity contribution in [2.24, 2.45) is 5.92 Å². The maximum Gasteiger partial charge on any atom is 0.266 e. The van der Waals surface area contributed by atoms with E-state index in [2.05, 4.69) is 0 Å². The molecule has 2 amide bonds. The van der Waals surface area contributed by atoms with Gasteiger partial charge in [-0.15, -0.1) is 0 Å². The van der Waals surface area contributed by atoms with Crippen molar-refractivity contribution in [1.29, 1.82) is 0 Å². The third-order valence-corrected chi connectivity index (χ3v) is 7.19. The van der Waals surface area contributed by atoms with Gasteiger partial charge in [-0.1, -0.05) is 61.5 Å². The summed E-state index contributed by atoms with van der Waals surface area (Å²) in [6.45, 7) is 5.00. The fraction of sp³-hybridized carbons (Fsp3) is 0.250. The number of fused-ring (bicyclic) bond motifs is 2. The van der Waals surface area contributed by atoms with Crippen LogP contribution in [0.15, 0.2) is 91.0 Å². The monoisotopic (exact) mass is 522 g/mol. The van der Waals surface area contributed by atoms with Crippen LogP contribution in [0.1, 0.15) is 31.9 Å². The SMILES string of the molecule is CCCOc1ccc([C@H]2[C@H]3C(=O)N(c4ccc5ccccc5c4)C(=O)[C@@H]3ON2c2ccccc2)cc1OCC. The molecule has 2 fully saturated rings. The number of anilines is 2. The highest BCUT2D eigenvalue weighted by molar-refractivity contribution is 6.24. The quantitative estimate of drug-likeness (QED) is 0.261. The third kappa shape index (κ3) is 4.38. The maximum atomic E-state index is 14.1. The number of nitrogens with zero attached hydrogens (tertiary/aromatic N) is 2. The molecule has 39 heavy (non-hydrogen) atoms. The Bertz CT molecular complexity index is 1520. The van der Waals surface area contributed by atoms with Gasteiger partial charge in [0.2, 0.25) is 5.91 Å². The molecule has 0 unspecified atom stereocenters. The number of hydroxylamine groups is 1. The zero-order valence-electron chi connectivity index (χ0n) is 21.9. The van der Waals surface area contributed by atoms with Gasteiger partial charge in [-0.25, -0.2) is 9.96 Å². The Balaban J connectivity index is 1.42. The van der Waals surface area contributed by atoms with Crippen LogP contribution in [0, 0.1) is 5.92 Å². The lowest BCUT2D eigenvalue weighted by Gasteiger charge is -2.29. The summed E-state index contributed by atoms with van der Waals surface area (Å²) in [5.41, 5.74) is 2.12. The summed E-state index contributed by atoms with van der Waals surface area (Å²) in [5.74, 6) is -0.135. The van der Waals surface area contributed by atoms with E-state index >= 15 is 0 Å². The van der Waals surface area contributed by atoms with Crippen molar-refractivity contribution in [2.75, 3.05) is 23.2 Å². The zero-order valence-corrected chi connectivity index (χ0v) is 21.9. The van der Waals surface area contributed by atoms with Gasteiger partial charge in [0.05, 0.1) is 30.6 Å². The van der Waals surface area contributed by atoms with E-state index in [0.29, 0.717) is 30.4 Å². The number of hydrogen-bond acceptors (Lipinski definition) is 6. The van der Waals surface area contributed by atoms with E-state index in [9.17, 15) is 9.59 Å². The minimum absolute atomic E-state index is 0.284. The van der Waals surface area contributed by atoms with Gasteiger partial charge in [0.1, 0.15) is 5.92 Å². The topological polar surface area (TPSA) is 68.3 Å². The standard InChI is InChI=1S/C32H30N2O5/c1-3-18-38-26-17-15-23(20-27(26)37-4-2)29-28-30(39-34(29)24-12-6-5-7-13-24)32(36)33(31(28)35)25-16-14-21-10-8-9-11-22(21)19-25/h5-17,19-20,28-30H,3-4,18H2,1-2H3/t28-,29+,30-/m1/s1. The first-order valence-corrected chi connectivity index (χ1v) is 13.4. The van der Waals surface area contributed by atoms with Crippen LogP contribution in [-0.2, 0) is 14.4 Å². The summed E-state index contributed by atoms with van der Waals surface area (Å²) >= 11 is 0. The fourth-order valence-corrected chi connectivity index (χ4v) is 5.43. The number of rotatable bonds is 8. The van der Waals surface area contributed by atoms with Crippen LogP contribution in [0.5, 0.6) is 11.5 Å². The minimum atomic E-state index is -0.944. The highest BCUT2D eigenvalue weighted by atomic mass is 16.7. The molecule has 0 spiro atoms. The van der Waals surface area contributed by atoms with Gasteiger partial charge in [0.25, 0.3) is 5.91 Å². The Hall–Kier alpha value is -4.36. The van der Waals surface area contributed by atoms with Crippen LogP contribution in [0.2, 0.25) is 0 Å². The van der Waals surface area contributed by atoms with E-state index in [1.54, 1.807) is 5.06 Å². The van der Waals surface area contributed by atoms with Crippen LogP contribution in [-0.4, -0.2) is 31.1 Å². The number of ether oxygens (including phenoxy) is 2. The average molecular weight is 523 g/mol. The molecule has 3 atom stereocenters. The molecule has 4 aromatic rings. The molecule has 4 aromatic carbocycles. The van der Waals surface area contributed by atoms with E-state index in [1.807, 2.05) is 105 Å². The summed E-state index contributed by atoms with van der Waals surface area (Å²) < 4.78 is 11.8. The van der Waals surface area contributed by atoms with Crippen LogP contribution < -0.4 is 19.4 Å². The molecule has 0 bridgehead atoms. The molecule has 2 aliphatic heterocycles. The van der Waals surface area contributed by atoms with Crippen LogP contribution in [0.4, 0.5) is 11.4 Å². The smallest absolute Gasteiger partial charge is 0.266 e. The first-order valence-electron chi connectivity index (χ1n) is 13.4. The summed E-state index contributed by atoms with van der Waals surface area (Å²) in [5, 5.41) is 3.69. The molecule has 0 aliphatic carbocycles. The normalized spacial score (nSPS) is 20.5. The van der Waals surface area contributed by atoms with Crippen molar-refractivity contribution in [2.45, 2.75) is 32.4 Å². The number of carbonyl (C=O) groups is 2. The molecule has 0 radical (unpaired) electrons. The predicted octanol–water partition coefficient (Wildman–Crippen LogP) is 6.08. The lowest BCUT2D eigenvalue weighted by molar-refractivity contribution is -0.126. The molecule has 2 heterocycles. The maximum absolute atomic E-state index is 14.1. The van der Waals surface area contributed by atoms with Crippen LogP contribution >= 0.6 is 0 Å². The first kappa shape index (κ1) is 24.9. The van der Waals surface area contributed by atoms with Gasteiger partial charge < -0.3 is 9.47 Å². The van der Waals surface area contributed by atoms with E-state index in [1.165, 1.54) is 4.90 Å². The molecule has 198 valence electrons. The molecular weight excluding hydrogens is 492 g/mol. The molecule has 7 nitrogen and oxygen atoms in total. The van der Waals surface area contributed by atoms with Crippen molar-refractivity contribution >= 4 is 34.0 Å². The summed E-state index contributed by atoms with van der Waals surface area (Å²) in [6.07, 6.45) is -0.0722. The van der Waals surface area contributed by atoms with Crippen LogP contribution in [0.3, 0.4) is 0 Å². The van der Waals surface area contributed by atoms with E-state index in [4.69, 9.17) is 14.3 Å². The second-order valence-electron chi connectivity index (χ2n) is 9.69. The van der Waals surface area contributed by atoms with E-state index in [-0.39, 0.29) is 11.8 Å². The molecule has 7 heteroatoms. The van der Waals surface area contributed by atoms with Crippen molar-refractivity contribution in [3.8, 4) is 11.5 Å². The van der Waals surface area contributed by atoms with Gasteiger partial charge in [0.15, 0.2) is 17.6 Å². The lowest BCUT2D eigenvalue weighted by atomic mass is 9.90. The van der Waals surface area contributed by atoms with Gasteiger partial charge >= 0.3 is 0 Å². The third-order valence-electron chi connectivity index (χ3n) is 7.19. The largest absolute Gasteiger partial charge is 0.490 e. The molecule has 2 saturated heterocycles. The number of benzene rings is 4. The summed E-state index contributed by atoms with van der Waals surface area (Å²) in [6, 6.07) is 28.2. The Labute approximate surface area is 227 Å². The van der Waals surface area contributed by atoms with E-state index in [0.717, 1.165) is 28.4 Å². The molecule has 0 N–H and O–H groups in total. The highest BCUT2D eigenvalue weighted by Crippen LogP contribution is 2.49. The number of carbonyl (C=O) groups excluding carboxylic acids is 2. The molecule has 6 rings (SSSR count). The van der Waals surface area contributed by atoms with Crippen molar-refractivity contribution in [3.63, 3.8) is 0 Å². The second kappa shape index (κ2) is 10.4. The average Bonchev–Trinajstić information content (AvgIpc) is 3.48.